The number of carbonyl (C=O) groups excluding carboxylic acids is 1. The van der Waals surface area contributed by atoms with Gasteiger partial charge in [-0.1, -0.05) is 24.3 Å². The summed E-state index contributed by atoms with van der Waals surface area (Å²) in [6.45, 7) is 14.6. The number of nitrogens with zero attached hydrogens (tertiary/aromatic N) is 7. The van der Waals surface area contributed by atoms with Crippen LogP contribution in [0.15, 0.2) is 107 Å². The van der Waals surface area contributed by atoms with Gasteiger partial charge >= 0.3 is 6.09 Å². The Bertz CT molecular complexity index is 3160. The molecular weight excluding hydrogens is 965 g/mol. The van der Waals surface area contributed by atoms with Gasteiger partial charge in [0.2, 0.25) is 0 Å². The minimum absolute atomic E-state index is 0.0164. The summed E-state index contributed by atoms with van der Waals surface area (Å²) >= 11 is 0. The Labute approximate surface area is 433 Å². The number of nitro groups is 2. The first-order valence-electron chi connectivity index (χ1n) is 25.7. The molecule has 75 heavy (non-hydrogen) atoms. The van der Waals surface area contributed by atoms with E-state index in [1.807, 2.05) is 56.0 Å². The molecule has 10 rings (SSSR count). The van der Waals surface area contributed by atoms with E-state index < -0.39 is 15.4 Å². The number of fused-ring (bicyclic) bond motifs is 4. The van der Waals surface area contributed by atoms with Gasteiger partial charge in [-0.3, -0.25) is 29.8 Å². The number of benzene rings is 4. The summed E-state index contributed by atoms with van der Waals surface area (Å²) in [7, 11) is 0. The third-order valence-electron chi connectivity index (χ3n) is 14.1. The van der Waals surface area contributed by atoms with Gasteiger partial charge in [-0.15, -0.1) is 0 Å². The Hall–Kier alpha value is -7.55. The molecule has 1 amide bonds. The molecule has 4 aliphatic heterocycles. The van der Waals surface area contributed by atoms with E-state index in [0.717, 1.165) is 82.0 Å². The number of hydrogen-bond donors (Lipinski definition) is 1. The van der Waals surface area contributed by atoms with Crippen LogP contribution in [0.1, 0.15) is 57.6 Å². The number of aromatic nitrogens is 2. The first kappa shape index (κ1) is 52.3. The second-order valence-corrected chi connectivity index (χ2v) is 20.2. The lowest BCUT2D eigenvalue weighted by Crippen LogP contribution is -2.49. The number of hydrogen-bond acceptors (Lipinski definition) is 15. The van der Waals surface area contributed by atoms with E-state index in [0.29, 0.717) is 92.0 Å². The summed E-state index contributed by atoms with van der Waals surface area (Å²) < 4.78 is 31.7. The molecule has 2 fully saturated rings. The Morgan fingerprint density at radius 1 is 0.627 bits per heavy atom. The highest BCUT2D eigenvalue weighted by Gasteiger charge is 2.32. The minimum Gasteiger partial charge on any atom is -0.486 e. The smallest absolute Gasteiger partial charge is 0.410 e. The lowest BCUT2D eigenvalue weighted by molar-refractivity contribution is -0.383. The molecule has 0 saturated carbocycles. The molecule has 0 atom stereocenters. The van der Waals surface area contributed by atoms with Gasteiger partial charge in [0.25, 0.3) is 22.5 Å². The molecular formula is C55H64N8O12. The van der Waals surface area contributed by atoms with E-state index in [4.69, 9.17) is 23.7 Å². The quantitative estimate of drug-likeness (QED) is 0.0825. The summed E-state index contributed by atoms with van der Waals surface area (Å²) in [6, 6.07) is 27.8. The lowest BCUT2D eigenvalue weighted by Gasteiger charge is -2.39. The Kier molecular flexibility index (Phi) is 16.3. The molecule has 4 aromatic carbocycles. The fourth-order valence-electron chi connectivity index (χ4n) is 10.2. The third kappa shape index (κ3) is 12.9. The molecule has 0 aliphatic carbocycles. The molecule has 2 aromatic heterocycles. The van der Waals surface area contributed by atoms with Crippen molar-refractivity contribution in [3.63, 3.8) is 0 Å². The van der Waals surface area contributed by atoms with Crippen molar-refractivity contribution in [2.24, 2.45) is 0 Å². The van der Waals surface area contributed by atoms with E-state index in [2.05, 4.69) is 21.2 Å². The normalized spacial score (nSPS) is 16.3. The van der Waals surface area contributed by atoms with E-state index in [1.165, 1.54) is 35.9 Å². The van der Waals surface area contributed by atoms with Crippen molar-refractivity contribution < 1.29 is 38.3 Å². The monoisotopic (exact) mass is 1030 g/mol. The topological polar surface area (TPSA) is 215 Å². The second-order valence-electron chi connectivity index (χ2n) is 20.2. The van der Waals surface area contributed by atoms with Crippen molar-refractivity contribution in [2.75, 3.05) is 65.7 Å². The van der Waals surface area contributed by atoms with Crippen LogP contribution < -0.4 is 35.4 Å². The van der Waals surface area contributed by atoms with Gasteiger partial charge in [0.05, 0.1) is 31.7 Å². The molecule has 1 N–H and O–H groups in total. The van der Waals surface area contributed by atoms with Crippen LogP contribution in [0.25, 0.3) is 21.8 Å². The fourth-order valence-corrected chi connectivity index (χ4v) is 10.2. The summed E-state index contributed by atoms with van der Waals surface area (Å²) in [5, 5.41) is 27.4. The van der Waals surface area contributed by atoms with Crippen molar-refractivity contribution >= 4 is 39.3 Å². The molecule has 0 spiro atoms. The van der Waals surface area contributed by atoms with Crippen LogP contribution in [0.3, 0.4) is 0 Å². The number of carbonyl (C=O) groups is 1. The molecule has 6 heterocycles. The molecule has 6 aromatic rings. The minimum atomic E-state index is -0.621. The van der Waals surface area contributed by atoms with Crippen LogP contribution >= 0.6 is 0 Å². The largest absolute Gasteiger partial charge is 0.486 e. The molecule has 20 heteroatoms. The second kappa shape index (κ2) is 23.3. The van der Waals surface area contributed by atoms with Crippen LogP contribution in [0, 0.1) is 20.2 Å². The Balaban J connectivity index is 0.000000187. The van der Waals surface area contributed by atoms with E-state index in [9.17, 15) is 34.6 Å². The molecule has 0 unspecified atom stereocenters. The van der Waals surface area contributed by atoms with Gasteiger partial charge in [0, 0.05) is 88.7 Å². The van der Waals surface area contributed by atoms with Gasteiger partial charge in [-0.25, -0.2) is 4.79 Å². The van der Waals surface area contributed by atoms with Gasteiger partial charge in [0.15, 0.2) is 23.0 Å². The maximum absolute atomic E-state index is 13.3. The fraction of sp³-hybridized carbons (Fsp3) is 0.436. The molecule has 20 nitrogen and oxygen atoms in total. The molecule has 0 bridgehead atoms. The van der Waals surface area contributed by atoms with E-state index >= 15 is 0 Å². The first-order chi connectivity index (χ1) is 36.2. The molecule has 0 radical (unpaired) electrons. The average molecular weight is 1030 g/mol. The van der Waals surface area contributed by atoms with Crippen LogP contribution in [0.4, 0.5) is 16.2 Å². The number of likely N-dealkylation sites (tertiary alicyclic amines) is 2. The first-order valence-corrected chi connectivity index (χ1v) is 25.7. The maximum atomic E-state index is 13.3. The van der Waals surface area contributed by atoms with Gasteiger partial charge in [-0.05, 0) is 119 Å². The number of amides is 1. The van der Waals surface area contributed by atoms with Crippen molar-refractivity contribution in [3.8, 4) is 23.0 Å². The predicted molar refractivity (Wildman–Crippen MR) is 282 cm³/mol. The van der Waals surface area contributed by atoms with Crippen molar-refractivity contribution in [1.82, 2.24) is 29.2 Å². The summed E-state index contributed by atoms with van der Waals surface area (Å²) in [5.74, 6) is 3.01. The van der Waals surface area contributed by atoms with Gasteiger partial charge < -0.3 is 52.8 Å². The molecule has 4 aliphatic rings. The van der Waals surface area contributed by atoms with Gasteiger partial charge in [-0.2, -0.15) is 0 Å². The SMILES string of the molecule is CC(C)(C)OC(=O)N(Cc1ccc2c(c1)OCCO2)C1CCN(CCn2c(=O)ccc3c([N+](=O)[O-])cccc32)CC1.O=c1ccc2c([N+](=O)[O-])cccc2n1CCN1CCC(NCc2ccc3c(c2)OCCO3)CC1. The summed E-state index contributed by atoms with van der Waals surface area (Å²) in [6.07, 6.45) is 3.20. The molecule has 2 saturated heterocycles. The summed E-state index contributed by atoms with van der Waals surface area (Å²) in [4.78, 5) is 66.9. The Morgan fingerprint density at radius 2 is 1.09 bits per heavy atom. The molecule has 396 valence electrons. The number of non-ortho nitro benzene ring substituents is 2. The highest BCUT2D eigenvalue weighted by Crippen LogP contribution is 2.34. The van der Waals surface area contributed by atoms with Crippen LogP contribution in [0.5, 0.6) is 23.0 Å². The van der Waals surface area contributed by atoms with Crippen molar-refractivity contribution in [3.05, 3.63) is 149 Å². The van der Waals surface area contributed by atoms with Crippen molar-refractivity contribution in [2.45, 2.75) is 90.3 Å². The van der Waals surface area contributed by atoms with Crippen LogP contribution in [-0.2, 0) is 30.9 Å². The van der Waals surface area contributed by atoms with Crippen molar-refractivity contribution in [1.29, 1.82) is 0 Å². The van der Waals surface area contributed by atoms with Gasteiger partial charge in [0.1, 0.15) is 32.0 Å². The predicted octanol–water partition coefficient (Wildman–Crippen LogP) is 7.52. The zero-order valence-electron chi connectivity index (χ0n) is 42.6. The zero-order chi connectivity index (χ0) is 52.6. The zero-order valence-corrected chi connectivity index (χ0v) is 42.6. The maximum Gasteiger partial charge on any atom is 0.410 e. The highest BCUT2D eigenvalue weighted by molar-refractivity contribution is 5.89. The van der Waals surface area contributed by atoms with Crippen LogP contribution in [-0.4, -0.2) is 123 Å². The number of nitrogens with one attached hydrogen (secondary N) is 1. The number of piperidine rings is 2. The van der Waals surface area contributed by atoms with Crippen LogP contribution in [0.2, 0.25) is 0 Å². The Morgan fingerprint density at radius 3 is 1.59 bits per heavy atom. The standard InChI is InChI=1S/C30H36N4O7.C25H28N4O5/c1-30(2,3)41-29(36)33(20-21-7-9-26-27(19-21)40-18-17-39-26)22-11-13-31(14-12-22)15-16-32-24-5-4-6-25(34(37)38)23(24)8-10-28(32)35;30-25-7-5-20-21(2-1-3-22(20)29(31)32)28(25)13-12-27-10-8-19(9-11-27)26-17-18-4-6-23-24(16-18)34-15-14-33-23/h4-10,19,22H,11-18,20H2,1-3H3;1-7,16,19,26H,8-15,17H2. The highest BCUT2D eigenvalue weighted by atomic mass is 16.6. The average Bonchev–Trinajstić information content (AvgIpc) is 3.41. The van der Waals surface area contributed by atoms with E-state index in [1.54, 1.807) is 39.5 Å². The third-order valence-corrected chi connectivity index (χ3v) is 14.1. The van der Waals surface area contributed by atoms with E-state index in [-0.39, 0.29) is 34.6 Å². The number of pyridine rings is 2. The number of ether oxygens (including phenoxy) is 5. The summed E-state index contributed by atoms with van der Waals surface area (Å²) in [5.41, 5.74) is 2.34. The lowest BCUT2D eigenvalue weighted by atomic mass is 10.0. The number of rotatable bonds is 14. The number of nitro benzene ring substituents is 2.